The van der Waals surface area contributed by atoms with E-state index >= 15 is 0 Å². The second kappa shape index (κ2) is 7.52. The predicted molar refractivity (Wildman–Crippen MR) is 88.5 cm³/mol. The lowest BCUT2D eigenvalue weighted by atomic mass is 10.1. The van der Waals surface area contributed by atoms with E-state index < -0.39 is 0 Å². The third-order valence-electron chi connectivity index (χ3n) is 3.33. The van der Waals surface area contributed by atoms with Gasteiger partial charge in [-0.3, -0.25) is 9.78 Å². The molecule has 2 heterocycles. The highest BCUT2D eigenvalue weighted by atomic mass is 32.1. The van der Waals surface area contributed by atoms with Gasteiger partial charge in [-0.1, -0.05) is 13.8 Å². The molecule has 2 rings (SSSR count). The van der Waals surface area contributed by atoms with Gasteiger partial charge < -0.3 is 10.6 Å². The van der Waals surface area contributed by atoms with E-state index in [-0.39, 0.29) is 11.9 Å². The van der Waals surface area contributed by atoms with Gasteiger partial charge in [0, 0.05) is 31.7 Å². The minimum atomic E-state index is 0.107. The standard InChI is InChI=1S/C16H23N3OS/c1-11(2)9-19-16(20)4-6-17-12(3)13-8-15-14(18-10-13)5-7-21-15/h5,7-8,10-12,17H,4,6,9H2,1-3H3,(H,19,20). The lowest BCUT2D eigenvalue weighted by Gasteiger charge is -2.14. The number of fused-ring (bicyclic) bond motifs is 1. The van der Waals surface area contributed by atoms with E-state index in [0.29, 0.717) is 18.9 Å². The van der Waals surface area contributed by atoms with Crippen molar-refractivity contribution in [2.45, 2.75) is 33.2 Å². The van der Waals surface area contributed by atoms with Gasteiger partial charge >= 0.3 is 0 Å². The van der Waals surface area contributed by atoms with Gasteiger partial charge in [0.1, 0.15) is 0 Å². The van der Waals surface area contributed by atoms with Crippen LogP contribution in [0.5, 0.6) is 0 Å². The third-order valence-corrected chi connectivity index (χ3v) is 4.19. The minimum Gasteiger partial charge on any atom is -0.356 e. The van der Waals surface area contributed by atoms with E-state index in [4.69, 9.17) is 0 Å². The second-order valence-corrected chi connectivity index (χ2v) is 6.64. The maximum atomic E-state index is 11.6. The summed E-state index contributed by atoms with van der Waals surface area (Å²) in [4.78, 5) is 16.1. The first kappa shape index (κ1) is 15.9. The van der Waals surface area contributed by atoms with Crippen molar-refractivity contribution >= 4 is 27.5 Å². The highest BCUT2D eigenvalue weighted by Crippen LogP contribution is 2.22. The Morgan fingerprint density at radius 2 is 2.19 bits per heavy atom. The Morgan fingerprint density at radius 3 is 2.95 bits per heavy atom. The summed E-state index contributed by atoms with van der Waals surface area (Å²) in [5, 5.41) is 8.36. The lowest BCUT2D eigenvalue weighted by Crippen LogP contribution is -2.31. The summed E-state index contributed by atoms with van der Waals surface area (Å²) in [5.74, 6) is 0.597. The minimum absolute atomic E-state index is 0.107. The summed E-state index contributed by atoms with van der Waals surface area (Å²) in [6, 6.07) is 4.40. The molecule has 114 valence electrons. The van der Waals surface area contributed by atoms with Crippen LogP contribution in [0.2, 0.25) is 0 Å². The second-order valence-electron chi connectivity index (χ2n) is 5.70. The van der Waals surface area contributed by atoms with Crippen LogP contribution in [0.3, 0.4) is 0 Å². The Hall–Kier alpha value is -1.46. The average molecular weight is 305 g/mol. The Bertz CT molecular complexity index is 594. The van der Waals surface area contributed by atoms with Crippen molar-refractivity contribution in [3.8, 4) is 0 Å². The number of amides is 1. The molecule has 0 fully saturated rings. The smallest absolute Gasteiger partial charge is 0.221 e. The molecule has 0 aliphatic heterocycles. The SMILES string of the molecule is CC(C)CNC(=O)CCNC(C)c1cnc2ccsc2c1. The maximum absolute atomic E-state index is 11.6. The van der Waals surface area contributed by atoms with Gasteiger partial charge in [0.2, 0.25) is 5.91 Å². The largest absolute Gasteiger partial charge is 0.356 e. The molecular weight excluding hydrogens is 282 g/mol. The van der Waals surface area contributed by atoms with Gasteiger partial charge in [-0.2, -0.15) is 0 Å². The fourth-order valence-electron chi connectivity index (χ4n) is 2.02. The van der Waals surface area contributed by atoms with Crippen molar-refractivity contribution in [1.82, 2.24) is 15.6 Å². The Labute approximate surface area is 130 Å². The number of aromatic nitrogens is 1. The Morgan fingerprint density at radius 1 is 1.38 bits per heavy atom. The van der Waals surface area contributed by atoms with E-state index in [1.165, 1.54) is 4.70 Å². The third kappa shape index (κ3) is 4.79. The van der Waals surface area contributed by atoms with Crippen molar-refractivity contribution in [3.05, 3.63) is 29.3 Å². The first-order valence-electron chi connectivity index (χ1n) is 7.39. The van der Waals surface area contributed by atoms with E-state index in [2.05, 4.69) is 47.8 Å². The topological polar surface area (TPSA) is 54.0 Å². The van der Waals surface area contributed by atoms with E-state index in [9.17, 15) is 4.79 Å². The van der Waals surface area contributed by atoms with Crippen molar-refractivity contribution in [1.29, 1.82) is 0 Å². The van der Waals surface area contributed by atoms with Crippen LogP contribution in [0.15, 0.2) is 23.7 Å². The van der Waals surface area contributed by atoms with Gasteiger partial charge in [-0.15, -0.1) is 11.3 Å². The number of pyridine rings is 1. The molecule has 2 aromatic heterocycles. The summed E-state index contributed by atoms with van der Waals surface area (Å²) < 4.78 is 1.20. The Kier molecular flexibility index (Phi) is 5.70. The number of hydrogen-bond acceptors (Lipinski definition) is 4. The highest BCUT2D eigenvalue weighted by Gasteiger charge is 2.08. The quantitative estimate of drug-likeness (QED) is 0.826. The molecule has 1 amide bonds. The fraction of sp³-hybridized carbons (Fsp3) is 0.500. The number of rotatable bonds is 7. The molecule has 4 nitrogen and oxygen atoms in total. The molecule has 0 spiro atoms. The molecule has 2 N–H and O–H groups in total. The molecule has 0 aliphatic rings. The molecular formula is C16H23N3OS. The average Bonchev–Trinajstić information content (AvgIpc) is 2.92. The van der Waals surface area contributed by atoms with Crippen LogP contribution in [0, 0.1) is 5.92 Å². The fourth-order valence-corrected chi connectivity index (χ4v) is 2.81. The summed E-state index contributed by atoms with van der Waals surface area (Å²) in [6.45, 7) is 7.70. The molecule has 2 aromatic rings. The van der Waals surface area contributed by atoms with Gasteiger partial charge in [-0.25, -0.2) is 0 Å². The number of nitrogens with zero attached hydrogens (tertiary/aromatic N) is 1. The Balaban J connectivity index is 1.78. The van der Waals surface area contributed by atoms with Crippen LogP contribution in [0.1, 0.15) is 38.8 Å². The summed E-state index contributed by atoms with van der Waals surface area (Å²) >= 11 is 1.70. The normalized spacial score (nSPS) is 12.8. The van der Waals surface area contributed by atoms with Crippen molar-refractivity contribution in [3.63, 3.8) is 0 Å². The van der Waals surface area contributed by atoms with Gasteiger partial charge in [0.25, 0.3) is 0 Å². The lowest BCUT2D eigenvalue weighted by molar-refractivity contribution is -0.121. The van der Waals surface area contributed by atoms with Crippen LogP contribution < -0.4 is 10.6 Å². The number of thiophene rings is 1. The molecule has 0 saturated carbocycles. The zero-order valence-corrected chi connectivity index (χ0v) is 13.7. The molecule has 0 bridgehead atoms. The van der Waals surface area contributed by atoms with Crippen LogP contribution in [0.25, 0.3) is 10.2 Å². The van der Waals surface area contributed by atoms with Crippen LogP contribution >= 0.6 is 11.3 Å². The maximum Gasteiger partial charge on any atom is 0.221 e. The first-order valence-corrected chi connectivity index (χ1v) is 8.27. The number of nitrogens with one attached hydrogen (secondary N) is 2. The number of hydrogen-bond donors (Lipinski definition) is 2. The monoisotopic (exact) mass is 305 g/mol. The van der Waals surface area contributed by atoms with E-state index in [1.807, 2.05) is 12.3 Å². The molecule has 0 aliphatic carbocycles. The zero-order valence-electron chi connectivity index (χ0n) is 12.8. The molecule has 0 aromatic carbocycles. The molecule has 1 atom stereocenters. The summed E-state index contributed by atoms with van der Waals surface area (Å²) in [6.07, 6.45) is 2.41. The summed E-state index contributed by atoms with van der Waals surface area (Å²) in [7, 11) is 0. The van der Waals surface area contributed by atoms with Crippen molar-refractivity contribution < 1.29 is 4.79 Å². The van der Waals surface area contributed by atoms with E-state index in [0.717, 1.165) is 17.6 Å². The van der Waals surface area contributed by atoms with Crippen LogP contribution in [0.4, 0.5) is 0 Å². The number of carbonyl (C=O) groups excluding carboxylic acids is 1. The van der Waals surface area contributed by atoms with Crippen molar-refractivity contribution in [2.24, 2.45) is 5.92 Å². The molecule has 0 saturated heterocycles. The first-order chi connectivity index (χ1) is 10.1. The molecule has 1 unspecified atom stereocenters. The summed E-state index contributed by atoms with van der Waals surface area (Å²) in [5.41, 5.74) is 2.21. The predicted octanol–water partition coefficient (Wildman–Crippen LogP) is 3.11. The van der Waals surface area contributed by atoms with Crippen LogP contribution in [-0.4, -0.2) is 24.0 Å². The highest BCUT2D eigenvalue weighted by molar-refractivity contribution is 7.17. The number of carbonyl (C=O) groups is 1. The van der Waals surface area contributed by atoms with Gasteiger partial charge in [0.05, 0.1) is 10.2 Å². The van der Waals surface area contributed by atoms with Gasteiger partial charge in [-0.05, 0) is 35.9 Å². The van der Waals surface area contributed by atoms with Crippen LogP contribution in [-0.2, 0) is 4.79 Å². The van der Waals surface area contributed by atoms with E-state index in [1.54, 1.807) is 11.3 Å². The molecule has 0 radical (unpaired) electrons. The zero-order chi connectivity index (χ0) is 15.2. The molecule has 5 heteroatoms. The van der Waals surface area contributed by atoms with Crippen molar-refractivity contribution in [2.75, 3.05) is 13.1 Å². The van der Waals surface area contributed by atoms with Gasteiger partial charge in [0.15, 0.2) is 0 Å². The molecule has 21 heavy (non-hydrogen) atoms.